The van der Waals surface area contributed by atoms with Crippen molar-refractivity contribution in [2.45, 2.75) is 11.8 Å². The Bertz CT molecular complexity index is 1150. The lowest BCUT2D eigenvalue weighted by molar-refractivity contribution is -0.119. The number of hydrogen-bond acceptors (Lipinski definition) is 6. The number of benzene rings is 2. The largest absolute Gasteiger partial charge is 0.495 e. The predicted molar refractivity (Wildman–Crippen MR) is 108 cm³/mol. The molecule has 1 saturated heterocycles. The van der Waals surface area contributed by atoms with E-state index < -0.39 is 31.9 Å². The summed E-state index contributed by atoms with van der Waals surface area (Å²) >= 11 is 3.26. The number of sulfonamides is 2. The van der Waals surface area contributed by atoms with E-state index >= 15 is 0 Å². The van der Waals surface area contributed by atoms with Crippen LogP contribution in [0.1, 0.15) is 6.92 Å². The van der Waals surface area contributed by atoms with Crippen LogP contribution >= 0.6 is 15.9 Å². The zero-order valence-corrected chi connectivity index (χ0v) is 18.1. The van der Waals surface area contributed by atoms with E-state index in [9.17, 15) is 21.6 Å². The molecule has 11 heteroatoms. The molecule has 2 aromatic carbocycles. The first-order chi connectivity index (χ1) is 13.1. The Kier molecular flexibility index (Phi) is 5.43. The Morgan fingerprint density at radius 3 is 2.46 bits per heavy atom. The topological polar surface area (TPSA) is 110 Å². The van der Waals surface area contributed by atoms with Gasteiger partial charge in [-0.2, -0.15) is 0 Å². The van der Waals surface area contributed by atoms with Gasteiger partial charge in [0.2, 0.25) is 15.9 Å². The summed E-state index contributed by atoms with van der Waals surface area (Å²) in [5, 5.41) is 0. The monoisotopic (exact) mass is 488 g/mol. The highest BCUT2D eigenvalue weighted by Crippen LogP contribution is 2.35. The van der Waals surface area contributed by atoms with Gasteiger partial charge in [-0.1, -0.05) is 19.1 Å². The Morgan fingerprint density at radius 1 is 1.21 bits per heavy atom. The van der Waals surface area contributed by atoms with Gasteiger partial charge in [0.15, 0.2) is 0 Å². The highest BCUT2D eigenvalue weighted by atomic mass is 79.9. The van der Waals surface area contributed by atoms with Gasteiger partial charge in [-0.3, -0.25) is 9.52 Å². The smallest absolute Gasteiger partial charge is 0.265 e. The van der Waals surface area contributed by atoms with Crippen LogP contribution in [0, 0.1) is 5.92 Å². The van der Waals surface area contributed by atoms with Gasteiger partial charge < -0.3 is 4.74 Å². The van der Waals surface area contributed by atoms with E-state index in [0.29, 0.717) is 14.5 Å². The molecule has 28 heavy (non-hydrogen) atoms. The first-order valence-electron chi connectivity index (χ1n) is 8.09. The van der Waals surface area contributed by atoms with Gasteiger partial charge in [0.25, 0.3) is 10.0 Å². The van der Waals surface area contributed by atoms with Crippen LogP contribution in [0.3, 0.4) is 0 Å². The molecule has 0 radical (unpaired) electrons. The summed E-state index contributed by atoms with van der Waals surface area (Å²) in [6.45, 7) is 1.51. The molecular formula is C17H17BrN2O6S2. The molecule has 0 saturated carbocycles. The average molecular weight is 489 g/mol. The van der Waals surface area contributed by atoms with Gasteiger partial charge in [-0.05, 0) is 46.3 Å². The number of methoxy groups -OCH3 is 1. The Morgan fingerprint density at radius 2 is 1.89 bits per heavy atom. The zero-order chi connectivity index (χ0) is 20.7. The van der Waals surface area contributed by atoms with Crippen molar-refractivity contribution in [2.24, 2.45) is 5.92 Å². The van der Waals surface area contributed by atoms with Gasteiger partial charge in [-0.15, -0.1) is 0 Å². The summed E-state index contributed by atoms with van der Waals surface area (Å²) in [6, 6.07) is 10.4. The number of halogens is 1. The molecule has 0 aromatic heterocycles. The number of nitrogens with one attached hydrogen (secondary N) is 1. The number of anilines is 2. The summed E-state index contributed by atoms with van der Waals surface area (Å²) in [4.78, 5) is 12.0. The SMILES string of the molecule is COc1ccc(N2C(=O)[C@H](C)CS2(=O)=O)cc1S(=O)(=O)Nc1ccccc1Br. The fourth-order valence-electron chi connectivity index (χ4n) is 2.83. The number of rotatable bonds is 5. The lowest BCUT2D eigenvalue weighted by atomic mass is 10.2. The third-order valence-electron chi connectivity index (χ3n) is 4.15. The molecule has 2 aromatic rings. The summed E-state index contributed by atoms with van der Waals surface area (Å²) in [6.07, 6.45) is 0. The molecule has 1 aliphatic heterocycles. The van der Waals surface area contributed by atoms with Crippen molar-refractivity contribution in [2.75, 3.05) is 21.9 Å². The van der Waals surface area contributed by atoms with Crippen LogP contribution < -0.4 is 13.8 Å². The number of hydrogen-bond donors (Lipinski definition) is 1. The van der Waals surface area contributed by atoms with Crippen LogP contribution in [-0.2, 0) is 24.8 Å². The summed E-state index contributed by atoms with van der Waals surface area (Å²) in [5.74, 6) is -1.62. The highest BCUT2D eigenvalue weighted by Gasteiger charge is 2.42. The molecular weight excluding hydrogens is 472 g/mol. The van der Waals surface area contributed by atoms with Crippen molar-refractivity contribution in [1.82, 2.24) is 0 Å². The average Bonchev–Trinajstić information content (AvgIpc) is 2.83. The highest BCUT2D eigenvalue weighted by molar-refractivity contribution is 9.10. The summed E-state index contributed by atoms with van der Waals surface area (Å²) in [5.41, 5.74) is 0.246. The fourth-order valence-corrected chi connectivity index (χ4v) is 6.43. The fraction of sp³-hybridized carbons (Fsp3) is 0.235. The molecule has 1 aliphatic rings. The molecule has 3 rings (SSSR count). The van der Waals surface area contributed by atoms with E-state index in [1.54, 1.807) is 24.3 Å². The summed E-state index contributed by atoms with van der Waals surface area (Å²) in [7, 11) is -6.70. The third-order valence-corrected chi connectivity index (χ3v) is 8.10. The van der Waals surface area contributed by atoms with Crippen molar-refractivity contribution >= 4 is 53.3 Å². The van der Waals surface area contributed by atoms with E-state index in [-0.39, 0.29) is 22.1 Å². The first kappa shape index (κ1) is 20.6. The zero-order valence-electron chi connectivity index (χ0n) is 14.9. The molecule has 1 amide bonds. The van der Waals surface area contributed by atoms with E-state index in [1.165, 1.54) is 26.2 Å². The minimum atomic E-state index is -4.14. The van der Waals surface area contributed by atoms with Gasteiger partial charge >= 0.3 is 0 Å². The standard InChI is InChI=1S/C17H17BrN2O6S2/c1-11-10-27(22,23)20(17(11)21)12-7-8-15(26-2)16(9-12)28(24,25)19-14-6-4-3-5-13(14)18/h3-9,11,19H,10H2,1-2H3/t11-/m1/s1. The van der Waals surface area contributed by atoms with Crippen LogP contribution in [0.25, 0.3) is 0 Å². The summed E-state index contributed by atoms with van der Waals surface area (Å²) < 4.78 is 59.3. The Labute approximate surface area is 171 Å². The molecule has 1 heterocycles. The van der Waals surface area contributed by atoms with Crippen molar-refractivity contribution in [1.29, 1.82) is 0 Å². The molecule has 1 N–H and O–H groups in total. The van der Waals surface area contributed by atoms with Crippen LogP contribution in [0.4, 0.5) is 11.4 Å². The normalized spacial score (nSPS) is 18.9. The number of carbonyl (C=O) groups excluding carboxylic acids is 1. The lowest BCUT2D eigenvalue weighted by Gasteiger charge is -2.18. The van der Waals surface area contributed by atoms with E-state index in [1.807, 2.05) is 0 Å². The van der Waals surface area contributed by atoms with E-state index in [2.05, 4.69) is 20.7 Å². The van der Waals surface area contributed by atoms with Crippen molar-refractivity contribution in [3.8, 4) is 5.75 Å². The Balaban J connectivity index is 2.10. The second-order valence-electron chi connectivity index (χ2n) is 6.20. The maximum Gasteiger partial charge on any atom is 0.265 e. The quantitative estimate of drug-likeness (QED) is 0.692. The van der Waals surface area contributed by atoms with E-state index in [4.69, 9.17) is 4.74 Å². The van der Waals surface area contributed by atoms with Crippen molar-refractivity contribution in [3.63, 3.8) is 0 Å². The number of amides is 1. The minimum Gasteiger partial charge on any atom is -0.495 e. The molecule has 150 valence electrons. The molecule has 1 fully saturated rings. The van der Waals surface area contributed by atoms with Crippen LogP contribution in [-0.4, -0.2) is 35.6 Å². The van der Waals surface area contributed by atoms with Gasteiger partial charge in [0.05, 0.1) is 30.2 Å². The van der Waals surface area contributed by atoms with Crippen LogP contribution in [0.15, 0.2) is 51.8 Å². The van der Waals surface area contributed by atoms with Crippen LogP contribution in [0.5, 0.6) is 5.75 Å². The lowest BCUT2D eigenvalue weighted by Crippen LogP contribution is -2.30. The van der Waals surface area contributed by atoms with E-state index in [0.717, 1.165) is 6.07 Å². The molecule has 8 nitrogen and oxygen atoms in total. The first-order valence-corrected chi connectivity index (χ1v) is 12.0. The number of carbonyl (C=O) groups is 1. The second kappa shape index (κ2) is 7.37. The molecule has 0 unspecified atom stereocenters. The van der Waals surface area contributed by atoms with Gasteiger partial charge in [0, 0.05) is 4.47 Å². The van der Waals surface area contributed by atoms with Gasteiger partial charge in [-0.25, -0.2) is 21.1 Å². The molecule has 0 spiro atoms. The second-order valence-corrected chi connectivity index (χ2v) is 10.6. The number of nitrogens with zero attached hydrogens (tertiary/aromatic N) is 1. The minimum absolute atomic E-state index is 0.0143. The Hall–Kier alpha value is -2.11. The number of ether oxygens (including phenoxy) is 1. The van der Waals surface area contributed by atoms with Crippen molar-refractivity contribution < 1.29 is 26.4 Å². The van der Waals surface area contributed by atoms with Crippen molar-refractivity contribution in [3.05, 3.63) is 46.9 Å². The predicted octanol–water partition coefficient (Wildman–Crippen LogP) is 2.57. The van der Waals surface area contributed by atoms with Crippen LogP contribution in [0.2, 0.25) is 0 Å². The maximum absolute atomic E-state index is 12.9. The molecule has 0 bridgehead atoms. The number of para-hydroxylation sites is 1. The van der Waals surface area contributed by atoms with Gasteiger partial charge in [0.1, 0.15) is 10.6 Å². The molecule has 1 atom stereocenters. The third kappa shape index (κ3) is 3.74. The molecule has 0 aliphatic carbocycles. The maximum atomic E-state index is 12.9.